The number of aryl methyl sites for hydroxylation is 1. The first-order valence-corrected chi connectivity index (χ1v) is 10.2. The number of halogens is 1. The number of H-pyrrole nitrogens is 2. The molecule has 6 rings (SSSR count). The van der Waals surface area contributed by atoms with Crippen LogP contribution < -0.4 is 0 Å². The molecule has 0 saturated heterocycles. The van der Waals surface area contributed by atoms with Crippen molar-refractivity contribution in [3.8, 4) is 33.8 Å². The lowest BCUT2D eigenvalue weighted by Gasteiger charge is -2.05. The van der Waals surface area contributed by atoms with Crippen LogP contribution in [0.3, 0.4) is 0 Å². The Kier molecular flexibility index (Phi) is 4.07. The molecule has 32 heavy (non-hydrogen) atoms. The van der Waals surface area contributed by atoms with Gasteiger partial charge in [-0.25, -0.2) is 14.4 Å². The summed E-state index contributed by atoms with van der Waals surface area (Å²) in [6, 6.07) is 16.7. The van der Waals surface area contributed by atoms with Crippen molar-refractivity contribution in [2.75, 3.05) is 0 Å². The maximum absolute atomic E-state index is 13.8. The third-order valence-corrected chi connectivity index (χ3v) is 5.63. The van der Waals surface area contributed by atoms with E-state index >= 15 is 0 Å². The lowest BCUT2D eigenvalue weighted by atomic mass is 10.0. The molecule has 6 nitrogen and oxygen atoms in total. The Bertz CT molecular complexity index is 1610. The van der Waals surface area contributed by atoms with Crippen LogP contribution in [0.25, 0.3) is 55.8 Å². The molecule has 0 amide bonds. The summed E-state index contributed by atoms with van der Waals surface area (Å²) in [7, 11) is 0. The van der Waals surface area contributed by atoms with E-state index in [0.717, 1.165) is 38.9 Å². The average Bonchev–Trinajstić information content (AvgIpc) is 3.42. The minimum Gasteiger partial charge on any atom is -0.335 e. The predicted octanol–water partition coefficient (Wildman–Crippen LogP) is 5.68. The number of aromatic nitrogens is 6. The SMILES string of the molecule is Cc1ccccc1-c1cnc2n[nH]c(-c3nc4c(-c5cccc(F)c5)cncc4[nH]3)c2c1. The maximum Gasteiger partial charge on any atom is 0.181 e. The van der Waals surface area contributed by atoms with Gasteiger partial charge in [0, 0.05) is 23.5 Å². The number of pyridine rings is 2. The van der Waals surface area contributed by atoms with E-state index in [1.54, 1.807) is 18.5 Å². The molecule has 0 bridgehead atoms. The number of rotatable bonds is 3. The van der Waals surface area contributed by atoms with Crippen LogP contribution >= 0.6 is 0 Å². The third kappa shape index (κ3) is 2.94. The molecular weight excluding hydrogens is 403 g/mol. The zero-order chi connectivity index (χ0) is 21.7. The highest BCUT2D eigenvalue weighted by Gasteiger charge is 2.16. The molecule has 0 aliphatic rings. The lowest BCUT2D eigenvalue weighted by molar-refractivity contribution is 0.628. The molecule has 2 aromatic carbocycles. The Morgan fingerprint density at radius 2 is 1.78 bits per heavy atom. The zero-order valence-electron chi connectivity index (χ0n) is 17.1. The summed E-state index contributed by atoms with van der Waals surface area (Å²) in [4.78, 5) is 17.0. The Hall–Kier alpha value is -4.39. The van der Waals surface area contributed by atoms with Crippen molar-refractivity contribution in [2.45, 2.75) is 6.92 Å². The van der Waals surface area contributed by atoms with Gasteiger partial charge in [-0.05, 0) is 41.8 Å². The Labute approximate surface area is 182 Å². The first kappa shape index (κ1) is 18.4. The van der Waals surface area contributed by atoms with Crippen LogP contribution in [0, 0.1) is 12.7 Å². The number of benzene rings is 2. The molecule has 6 aromatic rings. The number of hydrogen-bond acceptors (Lipinski definition) is 4. The zero-order valence-corrected chi connectivity index (χ0v) is 17.1. The molecule has 4 aromatic heterocycles. The number of hydrogen-bond donors (Lipinski definition) is 2. The molecule has 0 fully saturated rings. The van der Waals surface area contributed by atoms with Gasteiger partial charge in [-0.1, -0.05) is 36.4 Å². The highest BCUT2D eigenvalue weighted by Crippen LogP contribution is 2.32. The van der Waals surface area contributed by atoms with E-state index in [0.29, 0.717) is 17.0 Å². The van der Waals surface area contributed by atoms with Crippen molar-refractivity contribution < 1.29 is 4.39 Å². The normalized spacial score (nSPS) is 11.4. The molecule has 0 atom stereocenters. The van der Waals surface area contributed by atoms with Gasteiger partial charge in [-0.2, -0.15) is 5.10 Å². The van der Waals surface area contributed by atoms with Gasteiger partial charge in [0.05, 0.1) is 22.6 Å². The van der Waals surface area contributed by atoms with Gasteiger partial charge in [0.25, 0.3) is 0 Å². The summed E-state index contributed by atoms with van der Waals surface area (Å²) in [6.07, 6.45) is 5.24. The molecule has 4 heterocycles. The van der Waals surface area contributed by atoms with Crippen LogP contribution in [0.1, 0.15) is 5.56 Å². The molecule has 0 spiro atoms. The second-order valence-electron chi connectivity index (χ2n) is 7.69. The van der Waals surface area contributed by atoms with Crippen LogP contribution in [0.15, 0.2) is 73.2 Å². The van der Waals surface area contributed by atoms with E-state index in [-0.39, 0.29) is 5.82 Å². The van der Waals surface area contributed by atoms with Gasteiger partial charge in [-0.15, -0.1) is 0 Å². The van der Waals surface area contributed by atoms with Crippen molar-refractivity contribution in [3.05, 3.63) is 84.6 Å². The number of imidazole rings is 1. The Morgan fingerprint density at radius 1 is 0.875 bits per heavy atom. The van der Waals surface area contributed by atoms with Crippen LogP contribution in [0.2, 0.25) is 0 Å². The summed E-state index contributed by atoms with van der Waals surface area (Å²) in [5, 5.41) is 8.29. The summed E-state index contributed by atoms with van der Waals surface area (Å²) in [6.45, 7) is 2.08. The van der Waals surface area contributed by atoms with Crippen LogP contribution in [0.4, 0.5) is 4.39 Å². The van der Waals surface area contributed by atoms with Gasteiger partial charge in [0.1, 0.15) is 11.5 Å². The number of aromatic amines is 2. The fourth-order valence-corrected chi connectivity index (χ4v) is 4.04. The quantitative estimate of drug-likeness (QED) is 0.386. The standard InChI is InChI=1S/C25H17FN6/c1-14-5-2-3-8-18(14)16-10-19-23(31-32-24(19)28-11-16)25-29-21-13-27-12-20(22(21)30-25)15-6-4-7-17(26)9-15/h2-13H,1H3,(H,29,30)(H,28,31,32). The van der Waals surface area contributed by atoms with E-state index in [9.17, 15) is 4.39 Å². The Morgan fingerprint density at radius 3 is 2.66 bits per heavy atom. The summed E-state index contributed by atoms with van der Waals surface area (Å²) < 4.78 is 13.8. The average molecular weight is 420 g/mol. The lowest BCUT2D eigenvalue weighted by Crippen LogP contribution is -1.86. The fourth-order valence-electron chi connectivity index (χ4n) is 4.04. The predicted molar refractivity (Wildman–Crippen MR) is 122 cm³/mol. The van der Waals surface area contributed by atoms with Gasteiger partial charge in [0.15, 0.2) is 11.5 Å². The fraction of sp³-hybridized carbons (Fsp3) is 0.0400. The van der Waals surface area contributed by atoms with E-state index in [1.807, 2.05) is 24.4 Å². The molecule has 2 N–H and O–H groups in total. The number of nitrogens with one attached hydrogen (secondary N) is 2. The maximum atomic E-state index is 13.8. The largest absolute Gasteiger partial charge is 0.335 e. The van der Waals surface area contributed by atoms with E-state index in [1.165, 1.54) is 17.7 Å². The molecule has 0 aliphatic carbocycles. The smallest absolute Gasteiger partial charge is 0.181 e. The van der Waals surface area contributed by atoms with Crippen molar-refractivity contribution in [3.63, 3.8) is 0 Å². The summed E-state index contributed by atoms with van der Waals surface area (Å²) >= 11 is 0. The summed E-state index contributed by atoms with van der Waals surface area (Å²) in [5.41, 5.74) is 7.61. The van der Waals surface area contributed by atoms with Gasteiger partial charge in [-0.3, -0.25) is 10.1 Å². The molecule has 154 valence electrons. The molecule has 0 unspecified atom stereocenters. The van der Waals surface area contributed by atoms with Crippen molar-refractivity contribution in [2.24, 2.45) is 0 Å². The molecule has 7 heteroatoms. The van der Waals surface area contributed by atoms with Crippen LogP contribution in [-0.2, 0) is 0 Å². The van der Waals surface area contributed by atoms with Gasteiger partial charge < -0.3 is 4.98 Å². The van der Waals surface area contributed by atoms with E-state index in [2.05, 4.69) is 50.3 Å². The van der Waals surface area contributed by atoms with E-state index < -0.39 is 0 Å². The van der Waals surface area contributed by atoms with Crippen LogP contribution in [0.5, 0.6) is 0 Å². The molecule has 0 saturated carbocycles. The Balaban J connectivity index is 1.52. The summed E-state index contributed by atoms with van der Waals surface area (Å²) in [5.74, 6) is 0.321. The van der Waals surface area contributed by atoms with Gasteiger partial charge in [0.2, 0.25) is 0 Å². The second kappa shape index (κ2) is 7.09. The first-order valence-electron chi connectivity index (χ1n) is 10.2. The minimum absolute atomic E-state index is 0.301. The van der Waals surface area contributed by atoms with Gasteiger partial charge >= 0.3 is 0 Å². The molecule has 0 aliphatic heterocycles. The first-order chi connectivity index (χ1) is 15.7. The minimum atomic E-state index is -0.301. The van der Waals surface area contributed by atoms with Crippen molar-refractivity contribution >= 4 is 22.1 Å². The molecular formula is C25H17FN6. The highest BCUT2D eigenvalue weighted by molar-refractivity contribution is 5.96. The number of nitrogens with zero attached hydrogens (tertiary/aromatic N) is 4. The number of fused-ring (bicyclic) bond motifs is 2. The highest BCUT2D eigenvalue weighted by atomic mass is 19.1. The van der Waals surface area contributed by atoms with E-state index in [4.69, 9.17) is 4.98 Å². The second-order valence-corrected chi connectivity index (χ2v) is 7.69. The molecule has 0 radical (unpaired) electrons. The van der Waals surface area contributed by atoms with Crippen molar-refractivity contribution in [1.29, 1.82) is 0 Å². The topological polar surface area (TPSA) is 83.1 Å². The monoisotopic (exact) mass is 420 g/mol. The third-order valence-electron chi connectivity index (χ3n) is 5.63. The van der Waals surface area contributed by atoms with Crippen molar-refractivity contribution in [1.82, 2.24) is 30.1 Å². The van der Waals surface area contributed by atoms with Crippen LogP contribution in [-0.4, -0.2) is 30.1 Å².